The van der Waals surface area contributed by atoms with E-state index in [4.69, 9.17) is 13.9 Å². The summed E-state index contributed by atoms with van der Waals surface area (Å²) < 4.78 is 16.8. The van der Waals surface area contributed by atoms with Gasteiger partial charge in [0.15, 0.2) is 0 Å². The molecule has 1 aliphatic rings. The zero-order valence-electron chi connectivity index (χ0n) is 19.4. The van der Waals surface area contributed by atoms with Crippen molar-refractivity contribution in [3.05, 3.63) is 36.4 Å². The monoisotopic (exact) mass is 453 g/mol. The Morgan fingerprint density at radius 3 is 2.67 bits per heavy atom. The van der Waals surface area contributed by atoms with Gasteiger partial charge in [-0.3, -0.25) is 9.69 Å². The minimum absolute atomic E-state index is 0.139. The number of nitrogens with one attached hydrogen (secondary N) is 1. The lowest BCUT2D eigenvalue weighted by atomic mass is 10.1. The molecule has 2 amide bonds. The highest BCUT2D eigenvalue weighted by Gasteiger charge is 2.22. The van der Waals surface area contributed by atoms with Crippen molar-refractivity contribution in [1.82, 2.24) is 9.80 Å². The number of furan rings is 1. The van der Waals surface area contributed by atoms with Crippen molar-refractivity contribution in [2.24, 2.45) is 5.92 Å². The lowest BCUT2D eigenvalue weighted by Gasteiger charge is -2.22. The number of rotatable bonds is 6. The van der Waals surface area contributed by atoms with Crippen LogP contribution in [-0.2, 0) is 9.53 Å². The highest BCUT2D eigenvalue weighted by atomic mass is 16.6. The number of carbonyl (C=O) groups is 2. The van der Waals surface area contributed by atoms with Crippen LogP contribution in [0.25, 0.3) is 21.9 Å². The predicted octanol–water partition coefficient (Wildman–Crippen LogP) is 4.33. The van der Waals surface area contributed by atoms with Gasteiger partial charge in [-0.05, 0) is 24.5 Å². The summed E-state index contributed by atoms with van der Waals surface area (Å²) in [6.45, 7) is 7.19. The molecule has 8 heteroatoms. The number of anilines is 1. The third-order valence-electron chi connectivity index (χ3n) is 5.73. The smallest absolute Gasteiger partial charge is 0.409 e. The third kappa shape index (κ3) is 5.39. The number of nitrogens with zero attached hydrogens (tertiary/aromatic N) is 2. The zero-order chi connectivity index (χ0) is 23.4. The van der Waals surface area contributed by atoms with Crippen LogP contribution >= 0.6 is 0 Å². The first-order valence-corrected chi connectivity index (χ1v) is 11.4. The number of ether oxygens (including phenoxy) is 2. The van der Waals surface area contributed by atoms with Gasteiger partial charge in [0.2, 0.25) is 5.91 Å². The Morgan fingerprint density at radius 1 is 1.06 bits per heavy atom. The molecule has 2 heterocycles. The molecule has 8 nitrogen and oxygen atoms in total. The SMILES string of the molecule is COc1cc2c(cc1NC(=O)CN1CCCN(C(=O)OCC(C)C)CC1)oc1ccccc12. The second-order valence-corrected chi connectivity index (χ2v) is 8.78. The molecule has 3 aromatic rings. The summed E-state index contributed by atoms with van der Waals surface area (Å²) >= 11 is 0. The molecule has 0 atom stereocenters. The number of methoxy groups -OCH3 is 1. The van der Waals surface area contributed by atoms with Crippen LogP contribution in [0.2, 0.25) is 0 Å². The fraction of sp³-hybridized carbons (Fsp3) is 0.440. The van der Waals surface area contributed by atoms with E-state index in [0.717, 1.165) is 29.3 Å². The standard InChI is InChI=1S/C25H31N3O5/c1-17(2)16-32-25(30)28-10-6-9-27(11-12-28)15-24(29)26-20-14-22-19(13-23(20)31-3)18-7-4-5-8-21(18)33-22/h4-5,7-8,13-14,17H,6,9-12,15-16H2,1-3H3,(H,26,29). The summed E-state index contributed by atoms with van der Waals surface area (Å²) in [6.07, 6.45) is 0.511. The average molecular weight is 454 g/mol. The molecule has 33 heavy (non-hydrogen) atoms. The minimum Gasteiger partial charge on any atom is -0.495 e. The van der Waals surface area contributed by atoms with E-state index in [1.165, 1.54) is 0 Å². The van der Waals surface area contributed by atoms with Crippen molar-refractivity contribution in [3.8, 4) is 5.75 Å². The second kappa shape index (κ2) is 10.1. The molecule has 0 aliphatic carbocycles. The van der Waals surface area contributed by atoms with Gasteiger partial charge in [-0.1, -0.05) is 32.0 Å². The van der Waals surface area contributed by atoms with Crippen molar-refractivity contribution < 1.29 is 23.5 Å². The number of hydrogen-bond donors (Lipinski definition) is 1. The first-order chi connectivity index (χ1) is 15.9. The Labute approximate surface area is 193 Å². The molecule has 2 aromatic carbocycles. The molecule has 0 saturated carbocycles. The Morgan fingerprint density at radius 2 is 1.88 bits per heavy atom. The van der Waals surface area contributed by atoms with E-state index in [0.29, 0.717) is 49.2 Å². The summed E-state index contributed by atoms with van der Waals surface area (Å²) in [5, 5.41) is 4.91. The quantitative estimate of drug-likeness (QED) is 0.598. The van der Waals surface area contributed by atoms with Gasteiger partial charge in [0.25, 0.3) is 0 Å². The predicted molar refractivity (Wildman–Crippen MR) is 128 cm³/mol. The first-order valence-electron chi connectivity index (χ1n) is 11.4. The summed E-state index contributed by atoms with van der Waals surface area (Å²) in [4.78, 5) is 28.8. The van der Waals surface area contributed by atoms with Crippen LogP contribution in [0.15, 0.2) is 40.8 Å². The van der Waals surface area contributed by atoms with Gasteiger partial charge in [-0.25, -0.2) is 4.79 Å². The molecule has 0 spiro atoms. The van der Waals surface area contributed by atoms with Gasteiger partial charge in [0.05, 0.1) is 25.9 Å². The van der Waals surface area contributed by atoms with Crippen LogP contribution in [0.5, 0.6) is 5.75 Å². The van der Waals surface area contributed by atoms with Crippen LogP contribution in [0, 0.1) is 5.92 Å². The molecule has 0 radical (unpaired) electrons. The van der Waals surface area contributed by atoms with E-state index in [9.17, 15) is 9.59 Å². The number of amides is 2. The maximum absolute atomic E-state index is 12.8. The lowest BCUT2D eigenvalue weighted by Crippen LogP contribution is -2.38. The van der Waals surface area contributed by atoms with Gasteiger partial charge in [0.1, 0.15) is 16.9 Å². The maximum Gasteiger partial charge on any atom is 0.409 e. The summed E-state index contributed by atoms with van der Waals surface area (Å²) in [7, 11) is 1.58. The number of hydrogen-bond acceptors (Lipinski definition) is 6. The van der Waals surface area contributed by atoms with Crippen molar-refractivity contribution in [2.45, 2.75) is 20.3 Å². The topological polar surface area (TPSA) is 84.2 Å². The average Bonchev–Trinajstić information content (AvgIpc) is 2.98. The molecule has 1 saturated heterocycles. The van der Waals surface area contributed by atoms with Crippen molar-refractivity contribution in [3.63, 3.8) is 0 Å². The molecule has 1 aliphatic heterocycles. The van der Waals surface area contributed by atoms with Gasteiger partial charge in [0, 0.05) is 43.0 Å². The number of fused-ring (bicyclic) bond motifs is 3. The fourth-order valence-electron chi connectivity index (χ4n) is 4.05. The number of para-hydroxylation sites is 1. The minimum atomic E-state index is -0.279. The van der Waals surface area contributed by atoms with E-state index in [1.807, 2.05) is 44.2 Å². The van der Waals surface area contributed by atoms with Crippen molar-refractivity contribution in [1.29, 1.82) is 0 Å². The van der Waals surface area contributed by atoms with Gasteiger partial charge in [-0.15, -0.1) is 0 Å². The number of carbonyl (C=O) groups excluding carboxylic acids is 2. The molecule has 0 unspecified atom stereocenters. The Balaban J connectivity index is 1.39. The summed E-state index contributed by atoms with van der Waals surface area (Å²) in [5.41, 5.74) is 2.06. The van der Waals surface area contributed by atoms with E-state index < -0.39 is 0 Å². The Kier molecular flexibility index (Phi) is 7.03. The van der Waals surface area contributed by atoms with E-state index in [2.05, 4.69) is 10.2 Å². The lowest BCUT2D eigenvalue weighted by molar-refractivity contribution is -0.117. The number of benzene rings is 2. The van der Waals surface area contributed by atoms with E-state index in [-0.39, 0.29) is 18.5 Å². The maximum atomic E-state index is 12.8. The highest BCUT2D eigenvalue weighted by molar-refractivity contribution is 6.07. The Bertz CT molecular complexity index is 1140. The molecule has 1 aromatic heterocycles. The summed E-state index contributed by atoms with van der Waals surface area (Å²) in [6, 6.07) is 11.5. The van der Waals surface area contributed by atoms with Crippen LogP contribution in [-0.4, -0.2) is 68.2 Å². The first kappa shape index (κ1) is 22.9. The second-order valence-electron chi connectivity index (χ2n) is 8.78. The molecule has 0 bridgehead atoms. The van der Waals surface area contributed by atoms with Gasteiger partial charge in [-0.2, -0.15) is 0 Å². The van der Waals surface area contributed by atoms with Crippen LogP contribution in [0.4, 0.5) is 10.5 Å². The van der Waals surface area contributed by atoms with Crippen molar-refractivity contribution in [2.75, 3.05) is 51.8 Å². The van der Waals surface area contributed by atoms with Crippen LogP contribution < -0.4 is 10.1 Å². The van der Waals surface area contributed by atoms with Crippen LogP contribution in [0.3, 0.4) is 0 Å². The molecule has 1 N–H and O–H groups in total. The van der Waals surface area contributed by atoms with Crippen molar-refractivity contribution >= 4 is 39.6 Å². The molecule has 176 valence electrons. The van der Waals surface area contributed by atoms with Gasteiger partial charge < -0.3 is 24.1 Å². The highest BCUT2D eigenvalue weighted by Crippen LogP contribution is 2.36. The fourth-order valence-corrected chi connectivity index (χ4v) is 4.05. The van der Waals surface area contributed by atoms with E-state index >= 15 is 0 Å². The Hall–Kier alpha value is -3.26. The zero-order valence-corrected chi connectivity index (χ0v) is 19.4. The normalized spacial score (nSPS) is 15.1. The molecular formula is C25H31N3O5. The third-order valence-corrected chi connectivity index (χ3v) is 5.73. The van der Waals surface area contributed by atoms with E-state index in [1.54, 1.807) is 18.1 Å². The molecule has 1 fully saturated rings. The van der Waals surface area contributed by atoms with Gasteiger partial charge >= 0.3 is 6.09 Å². The molecular weight excluding hydrogens is 422 g/mol. The molecule has 4 rings (SSSR count). The largest absolute Gasteiger partial charge is 0.495 e. The van der Waals surface area contributed by atoms with Crippen LogP contribution in [0.1, 0.15) is 20.3 Å². The summed E-state index contributed by atoms with van der Waals surface area (Å²) in [5.74, 6) is 0.744.